The lowest BCUT2D eigenvalue weighted by Gasteiger charge is -2.40. The second-order valence-corrected chi connectivity index (χ2v) is 6.42. The summed E-state index contributed by atoms with van der Waals surface area (Å²) >= 11 is 6.05. The van der Waals surface area contributed by atoms with Crippen molar-refractivity contribution in [3.63, 3.8) is 0 Å². The number of carbonyl (C=O) groups excluding carboxylic acids is 2. The van der Waals surface area contributed by atoms with Gasteiger partial charge in [0.1, 0.15) is 5.76 Å². The zero-order chi connectivity index (χ0) is 17.0. The van der Waals surface area contributed by atoms with Gasteiger partial charge >= 0.3 is 0 Å². The summed E-state index contributed by atoms with van der Waals surface area (Å²) in [6, 6.07) is 10.9. The molecule has 1 fully saturated rings. The molecule has 126 valence electrons. The van der Waals surface area contributed by atoms with Crippen molar-refractivity contribution < 1.29 is 14.0 Å². The smallest absolute Gasteiger partial charge is 0.239 e. The Morgan fingerprint density at radius 1 is 1.17 bits per heavy atom. The predicted octanol–water partition coefficient (Wildman–Crippen LogP) is 2.79. The summed E-state index contributed by atoms with van der Waals surface area (Å²) in [7, 11) is 0. The first-order chi connectivity index (χ1) is 11.6. The van der Waals surface area contributed by atoms with Crippen LogP contribution < -0.4 is 10.6 Å². The van der Waals surface area contributed by atoms with Crippen molar-refractivity contribution in [1.29, 1.82) is 0 Å². The van der Waals surface area contributed by atoms with Crippen LogP contribution in [0.3, 0.4) is 0 Å². The second kappa shape index (κ2) is 7.09. The Labute approximate surface area is 145 Å². The van der Waals surface area contributed by atoms with E-state index in [1.54, 1.807) is 24.5 Å². The van der Waals surface area contributed by atoms with Crippen LogP contribution in [-0.4, -0.2) is 18.4 Å². The molecule has 1 heterocycles. The van der Waals surface area contributed by atoms with Gasteiger partial charge in [0.15, 0.2) is 0 Å². The Kier molecular flexibility index (Phi) is 4.90. The molecule has 2 amide bonds. The van der Waals surface area contributed by atoms with Crippen LogP contribution >= 0.6 is 11.6 Å². The molecule has 6 heteroatoms. The first kappa shape index (κ1) is 16.6. The van der Waals surface area contributed by atoms with E-state index >= 15 is 0 Å². The molecule has 1 aromatic heterocycles. The number of rotatable bonds is 6. The maximum absolute atomic E-state index is 12.6. The third kappa shape index (κ3) is 3.46. The van der Waals surface area contributed by atoms with Crippen molar-refractivity contribution >= 4 is 23.4 Å². The molecular formula is C18H19ClN2O3. The fourth-order valence-corrected chi connectivity index (χ4v) is 3.14. The SMILES string of the molecule is O=C(CNC(=O)C1(c2cccc(Cl)c2)CCC1)NCc1ccco1. The van der Waals surface area contributed by atoms with E-state index in [-0.39, 0.29) is 18.4 Å². The van der Waals surface area contributed by atoms with Crippen LogP contribution in [0.5, 0.6) is 0 Å². The molecule has 2 N–H and O–H groups in total. The van der Waals surface area contributed by atoms with Gasteiger partial charge in [-0.15, -0.1) is 0 Å². The van der Waals surface area contributed by atoms with Crippen molar-refractivity contribution in [2.45, 2.75) is 31.2 Å². The lowest BCUT2D eigenvalue weighted by molar-refractivity contribution is -0.132. The lowest BCUT2D eigenvalue weighted by Crippen LogP contribution is -2.51. The molecule has 0 aliphatic heterocycles. The number of halogens is 1. The molecule has 0 unspecified atom stereocenters. The van der Waals surface area contributed by atoms with Gasteiger partial charge in [-0.1, -0.05) is 30.2 Å². The van der Waals surface area contributed by atoms with Crippen LogP contribution in [0.2, 0.25) is 5.02 Å². The summed E-state index contributed by atoms with van der Waals surface area (Å²) in [4.78, 5) is 24.5. The molecule has 2 aromatic rings. The third-order valence-corrected chi connectivity index (χ3v) is 4.70. The average molecular weight is 347 g/mol. The van der Waals surface area contributed by atoms with Gasteiger partial charge in [0.05, 0.1) is 24.8 Å². The fourth-order valence-electron chi connectivity index (χ4n) is 2.95. The number of furan rings is 1. The Morgan fingerprint density at radius 2 is 2.00 bits per heavy atom. The van der Waals surface area contributed by atoms with E-state index in [1.165, 1.54) is 0 Å². The minimum Gasteiger partial charge on any atom is -0.467 e. The second-order valence-electron chi connectivity index (χ2n) is 5.98. The molecule has 5 nitrogen and oxygen atoms in total. The molecule has 1 aliphatic rings. The number of hydrogen-bond acceptors (Lipinski definition) is 3. The molecule has 0 spiro atoms. The quantitative estimate of drug-likeness (QED) is 0.844. The standard InChI is InChI=1S/C18H19ClN2O3/c19-14-5-1-4-13(10-14)18(7-3-8-18)17(23)21-12-16(22)20-11-15-6-2-9-24-15/h1-2,4-6,9-10H,3,7-8,11-12H2,(H,20,22)(H,21,23). The van der Waals surface area contributed by atoms with E-state index in [0.717, 1.165) is 24.8 Å². The Morgan fingerprint density at radius 3 is 2.62 bits per heavy atom. The monoisotopic (exact) mass is 346 g/mol. The summed E-state index contributed by atoms with van der Waals surface area (Å²) in [6.45, 7) is 0.253. The summed E-state index contributed by atoms with van der Waals surface area (Å²) in [5, 5.41) is 6.07. The molecule has 1 aliphatic carbocycles. The van der Waals surface area contributed by atoms with Crippen LogP contribution in [0, 0.1) is 0 Å². The average Bonchev–Trinajstić information content (AvgIpc) is 3.03. The van der Waals surface area contributed by atoms with Crippen molar-refractivity contribution in [2.75, 3.05) is 6.54 Å². The molecule has 3 rings (SSSR count). The predicted molar refractivity (Wildman–Crippen MR) is 90.5 cm³/mol. The molecule has 0 bridgehead atoms. The van der Waals surface area contributed by atoms with Gasteiger partial charge in [0.2, 0.25) is 11.8 Å². The highest BCUT2D eigenvalue weighted by Gasteiger charge is 2.45. The number of carbonyl (C=O) groups is 2. The minimum absolute atomic E-state index is 0.0537. The number of benzene rings is 1. The Bertz CT molecular complexity index is 724. The Hall–Kier alpha value is -2.27. The molecule has 0 saturated heterocycles. The third-order valence-electron chi connectivity index (χ3n) is 4.47. The van der Waals surface area contributed by atoms with E-state index in [0.29, 0.717) is 17.3 Å². The fraction of sp³-hybridized carbons (Fsp3) is 0.333. The van der Waals surface area contributed by atoms with E-state index in [4.69, 9.17) is 16.0 Å². The highest BCUT2D eigenvalue weighted by atomic mass is 35.5. The van der Waals surface area contributed by atoms with Gasteiger partial charge in [0, 0.05) is 5.02 Å². The molecule has 1 aromatic carbocycles. The zero-order valence-electron chi connectivity index (χ0n) is 13.2. The maximum Gasteiger partial charge on any atom is 0.239 e. The lowest BCUT2D eigenvalue weighted by atomic mass is 9.64. The van der Waals surface area contributed by atoms with Gasteiger partial charge in [-0.2, -0.15) is 0 Å². The van der Waals surface area contributed by atoms with Crippen molar-refractivity contribution in [1.82, 2.24) is 10.6 Å². The summed E-state index contributed by atoms with van der Waals surface area (Å²) in [5.74, 6) is 0.300. The first-order valence-corrected chi connectivity index (χ1v) is 8.31. The topological polar surface area (TPSA) is 71.3 Å². The highest BCUT2D eigenvalue weighted by molar-refractivity contribution is 6.30. The van der Waals surface area contributed by atoms with Crippen molar-refractivity contribution in [3.8, 4) is 0 Å². The minimum atomic E-state index is -0.563. The van der Waals surface area contributed by atoms with Gasteiger partial charge in [-0.3, -0.25) is 9.59 Å². The first-order valence-electron chi connectivity index (χ1n) is 7.94. The van der Waals surface area contributed by atoms with Crippen LogP contribution in [-0.2, 0) is 21.5 Å². The molecule has 0 atom stereocenters. The van der Waals surface area contributed by atoms with E-state index in [9.17, 15) is 9.59 Å². The van der Waals surface area contributed by atoms with E-state index in [2.05, 4.69) is 10.6 Å². The number of hydrogen-bond donors (Lipinski definition) is 2. The molecular weight excluding hydrogens is 328 g/mol. The molecule has 1 saturated carbocycles. The Balaban J connectivity index is 1.56. The summed E-state index contributed by atoms with van der Waals surface area (Å²) < 4.78 is 5.14. The van der Waals surface area contributed by atoms with E-state index in [1.807, 2.05) is 18.2 Å². The van der Waals surface area contributed by atoms with Crippen LogP contribution in [0.4, 0.5) is 0 Å². The van der Waals surface area contributed by atoms with Crippen molar-refractivity contribution in [3.05, 3.63) is 59.0 Å². The number of amides is 2. The highest BCUT2D eigenvalue weighted by Crippen LogP contribution is 2.44. The van der Waals surface area contributed by atoms with Crippen LogP contribution in [0.25, 0.3) is 0 Å². The van der Waals surface area contributed by atoms with E-state index < -0.39 is 5.41 Å². The molecule has 24 heavy (non-hydrogen) atoms. The van der Waals surface area contributed by atoms with Gasteiger partial charge < -0.3 is 15.1 Å². The van der Waals surface area contributed by atoms with Crippen LogP contribution in [0.1, 0.15) is 30.6 Å². The van der Waals surface area contributed by atoms with Crippen LogP contribution in [0.15, 0.2) is 47.1 Å². The zero-order valence-corrected chi connectivity index (χ0v) is 13.9. The normalized spacial score (nSPS) is 15.4. The maximum atomic E-state index is 12.6. The summed E-state index contributed by atoms with van der Waals surface area (Å²) in [5.41, 5.74) is 0.348. The largest absolute Gasteiger partial charge is 0.467 e. The van der Waals surface area contributed by atoms with Gasteiger partial charge in [-0.05, 0) is 42.7 Å². The summed E-state index contributed by atoms with van der Waals surface area (Å²) in [6.07, 6.45) is 4.08. The van der Waals surface area contributed by atoms with Crippen molar-refractivity contribution in [2.24, 2.45) is 0 Å². The number of nitrogens with one attached hydrogen (secondary N) is 2. The molecule has 0 radical (unpaired) electrons. The van der Waals surface area contributed by atoms with Gasteiger partial charge in [-0.25, -0.2) is 0 Å². The van der Waals surface area contributed by atoms with Gasteiger partial charge in [0.25, 0.3) is 0 Å².